The van der Waals surface area contributed by atoms with Crippen molar-refractivity contribution in [1.82, 2.24) is 9.88 Å². The molecule has 1 fully saturated rings. The first kappa shape index (κ1) is 22.3. The van der Waals surface area contributed by atoms with E-state index >= 15 is 0 Å². The normalized spacial score (nSPS) is 14.4. The van der Waals surface area contributed by atoms with Crippen LogP contribution in [-0.4, -0.2) is 37.9 Å². The van der Waals surface area contributed by atoms with E-state index in [1.165, 1.54) is 34.5 Å². The predicted octanol–water partition coefficient (Wildman–Crippen LogP) is 4.50. The maximum absolute atomic E-state index is 13.1. The topological polar surface area (TPSA) is 65.5 Å². The second kappa shape index (κ2) is 10.1. The van der Waals surface area contributed by atoms with Crippen molar-refractivity contribution in [3.63, 3.8) is 0 Å². The average Bonchev–Trinajstić information content (AvgIpc) is 3.33. The maximum atomic E-state index is 13.1. The molecule has 0 saturated carbocycles. The smallest absolute Gasteiger partial charge is 0.265 e. The maximum Gasteiger partial charge on any atom is 0.265 e. The van der Waals surface area contributed by atoms with Gasteiger partial charge in [-0.2, -0.15) is 0 Å². The zero-order chi connectivity index (χ0) is 22.4. The van der Waals surface area contributed by atoms with Gasteiger partial charge in [-0.3, -0.25) is 9.21 Å². The van der Waals surface area contributed by atoms with Gasteiger partial charge in [0.05, 0.1) is 5.69 Å². The van der Waals surface area contributed by atoms with Gasteiger partial charge in [-0.1, -0.05) is 42.5 Å². The molecule has 0 bridgehead atoms. The molecule has 0 amide bonds. The first-order valence-electron chi connectivity index (χ1n) is 11.1. The van der Waals surface area contributed by atoms with Crippen LogP contribution < -0.4 is 9.62 Å². The van der Waals surface area contributed by atoms with E-state index in [2.05, 4.69) is 39.5 Å². The van der Waals surface area contributed by atoms with E-state index in [0.717, 1.165) is 19.6 Å². The zero-order valence-corrected chi connectivity index (χ0v) is 19.3. The molecule has 6 nitrogen and oxygen atoms in total. The summed E-state index contributed by atoms with van der Waals surface area (Å²) in [5.41, 5.74) is 3.20. The molecule has 4 rings (SSSR count). The number of anilines is 2. The SMILES string of the molecule is CCN(c1ccccc1)S(=O)(=O)c1ccc(NCc2ccccc2CN2CCCC2)nc1. The van der Waals surface area contributed by atoms with E-state index in [0.29, 0.717) is 24.6 Å². The number of sulfonamides is 1. The minimum atomic E-state index is -3.67. The second-order valence-electron chi connectivity index (χ2n) is 7.99. The second-order valence-corrected chi connectivity index (χ2v) is 9.85. The van der Waals surface area contributed by atoms with Crippen molar-refractivity contribution in [3.05, 3.63) is 84.1 Å². The van der Waals surface area contributed by atoms with Crippen molar-refractivity contribution in [2.75, 3.05) is 29.3 Å². The van der Waals surface area contributed by atoms with E-state index in [9.17, 15) is 8.42 Å². The fourth-order valence-corrected chi connectivity index (χ4v) is 5.52. The van der Waals surface area contributed by atoms with E-state index in [1.54, 1.807) is 24.3 Å². The van der Waals surface area contributed by atoms with E-state index in [-0.39, 0.29) is 4.90 Å². The average molecular weight is 451 g/mol. The molecule has 0 atom stereocenters. The molecule has 1 aliphatic rings. The fraction of sp³-hybridized carbons (Fsp3) is 0.320. The quantitative estimate of drug-likeness (QED) is 0.520. The molecular formula is C25H30N4O2S. The third-order valence-electron chi connectivity index (χ3n) is 5.83. The largest absolute Gasteiger partial charge is 0.366 e. The number of aromatic nitrogens is 1. The van der Waals surface area contributed by atoms with E-state index in [4.69, 9.17) is 0 Å². The van der Waals surface area contributed by atoms with Gasteiger partial charge < -0.3 is 5.32 Å². The van der Waals surface area contributed by atoms with Crippen LogP contribution in [0.2, 0.25) is 0 Å². The molecule has 168 valence electrons. The van der Waals surface area contributed by atoms with Gasteiger partial charge in [0.15, 0.2) is 0 Å². The number of nitrogens with one attached hydrogen (secondary N) is 1. The summed E-state index contributed by atoms with van der Waals surface area (Å²) in [6, 6.07) is 20.9. The Morgan fingerprint density at radius 1 is 0.938 bits per heavy atom. The molecule has 0 spiro atoms. The van der Waals surface area contributed by atoms with Gasteiger partial charge in [0.2, 0.25) is 0 Å². The predicted molar refractivity (Wildman–Crippen MR) is 129 cm³/mol. The van der Waals surface area contributed by atoms with Crippen LogP contribution in [0.5, 0.6) is 0 Å². The lowest BCUT2D eigenvalue weighted by Crippen LogP contribution is -2.30. The number of likely N-dealkylation sites (tertiary alicyclic amines) is 1. The van der Waals surface area contributed by atoms with Gasteiger partial charge in [-0.15, -0.1) is 0 Å². The summed E-state index contributed by atoms with van der Waals surface area (Å²) in [7, 11) is -3.67. The van der Waals surface area contributed by atoms with Crippen molar-refractivity contribution in [2.45, 2.75) is 37.8 Å². The molecule has 0 aliphatic carbocycles. The summed E-state index contributed by atoms with van der Waals surface area (Å²) in [6.07, 6.45) is 3.98. The standard InChI is InChI=1S/C25H30N4O2S/c1-2-29(23-12-4-3-5-13-23)32(30,31)24-14-15-25(27-19-24)26-18-21-10-6-7-11-22(21)20-28-16-8-9-17-28/h3-7,10-15,19H,2,8-9,16-18,20H2,1H3,(H,26,27). The van der Waals surface area contributed by atoms with Crippen LogP contribution in [0.4, 0.5) is 11.5 Å². The molecular weight excluding hydrogens is 420 g/mol. The number of hydrogen-bond donors (Lipinski definition) is 1. The van der Waals surface area contributed by atoms with Crippen molar-refractivity contribution in [1.29, 1.82) is 0 Å². The highest BCUT2D eigenvalue weighted by Crippen LogP contribution is 2.23. The summed E-state index contributed by atoms with van der Waals surface area (Å²) >= 11 is 0. The Morgan fingerprint density at radius 3 is 2.28 bits per heavy atom. The van der Waals surface area contributed by atoms with Gasteiger partial charge in [-0.05, 0) is 68.2 Å². The molecule has 0 radical (unpaired) electrons. The summed E-state index contributed by atoms with van der Waals surface area (Å²) in [5, 5.41) is 3.34. The molecule has 1 aliphatic heterocycles. The highest BCUT2D eigenvalue weighted by Gasteiger charge is 2.23. The molecule has 1 N–H and O–H groups in total. The van der Waals surface area contributed by atoms with Crippen LogP contribution in [0.15, 0.2) is 77.8 Å². The Balaban J connectivity index is 1.44. The minimum absolute atomic E-state index is 0.184. The number of benzene rings is 2. The van der Waals surface area contributed by atoms with Gasteiger partial charge >= 0.3 is 0 Å². The summed E-state index contributed by atoms with van der Waals surface area (Å²) in [6.45, 7) is 6.12. The van der Waals surface area contributed by atoms with Crippen LogP contribution in [0.25, 0.3) is 0 Å². The summed E-state index contributed by atoms with van der Waals surface area (Å²) in [4.78, 5) is 7.05. The Morgan fingerprint density at radius 2 is 1.62 bits per heavy atom. The Labute approximate surface area is 191 Å². The van der Waals surface area contributed by atoms with Gasteiger partial charge in [-0.25, -0.2) is 13.4 Å². The Hall–Kier alpha value is -2.90. The van der Waals surface area contributed by atoms with E-state index in [1.807, 2.05) is 25.1 Å². The third kappa shape index (κ3) is 5.11. The van der Waals surface area contributed by atoms with E-state index < -0.39 is 10.0 Å². The van der Waals surface area contributed by atoms with Crippen molar-refractivity contribution < 1.29 is 8.42 Å². The highest BCUT2D eigenvalue weighted by atomic mass is 32.2. The Kier molecular flexibility index (Phi) is 7.07. The number of hydrogen-bond acceptors (Lipinski definition) is 5. The number of nitrogens with zero attached hydrogens (tertiary/aromatic N) is 3. The molecule has 32 heavy (non-hydrogen) atoms. The molecule has 3 aromatic rings. The number of rotatable bonds is 9. The van der Waals surface area contributed by atoms with Gasteiger partial charge in [0, 0.05) is 25.8 Å². The lowest BCUT2D eigenvalue weighted by Gasteiger charge is -2.22. The van der Waals surface area contributed by atoms with Crippen molar-refractivity contribution in [2.24, 2.45) is 0 Å². The Bertz CT molecular complexity index is 1110. The first-order valence-corrected chi connectivity index (χ1v) is 12.6. The van der Waals surface area contributed by atoms with Gasteiger partial charge in [0.25, 0.3) is 10.0 Å². The number of para-hydroxylation sites is 1. The lowest BCUT2D eigenvalue weighted by atomic mass is 10.1. The molecule has 2 aromatic carbocycles. The van der Waals surface area contributed by atoms with Crippen LogP contribution in [0, 0.1) is 0 Å². The molecule has 2 heterocycles. The fourth-order valence-electron chi connectivity index (χ4n) is 4.10. The minimum Gasteiger partial charge on any atom is -0.366 e. The lowest BCUT2D eigenvalue weighted by molar-refractivity contribution is 0.330. The molecule has 1 saturated heterocycles. The van der Waals surface area contributed by atoms with Crippen molar-refractivity contribution >= 4 is 21.5 Å². The monoisotopic (exact) mass is 450 g/mol. The highest BCUT2D eigenvalue weighted by molar-refractivity contribution is 7.92. The van der Waals surface area contributed by atoms with Gasteiger partial charge in [0.1, 0.15) is 10.7 Å². The number of pyridine rings is 1. The van der Waals surface area contributed by atoms with Crippen LogP contribution in [0.1, 0.15) is 30.9 Å². The molecule has 1 aromatic heterocycles. The van der Waals surface area contributed by atoms with Crippen molar-refractivity contribution in [3.8, 4) is 0 Å². The van der Waals surface area contributed by atoms with Crippen LogP contribution in [-0.2, 0) is 23.1 Å². The first-order chi connectivity index (χ1) is 15.6. The third-order valence-corrected chi connectivity index (χ3v) is 7.71. The zero-order valence-electron chi connectivity index (χ0n) is 18.4. The summed E-state index contributed by atoms with van der Waals surface area (Å²) in [5.74, 6) is 0.655. The van der Waals surface area contributed by atoms with Crippen LogP contribution >= 0.6 is 0 Å². The molecule has 0 unspecified atom stereocenters. The molecule has 7 heteroatoms. The summed E-state index contributed by atoms with van der Waals surface area (Å²) < 4.78 is 27.6. The van der Waals surface area contributed by atoms with Crippen LogP contribution in [0.3, 0.4) is 0 Å².